The summed E-state index contributed by atoms with van der Waals surface area (Å²) in [4.78, 5) is 13.1. The SMILES string of the molecule is Clc1cccc(-c2csc(NC3=NCCCN3)n2)n1. The van der Waals surface area contributed by atoms with Gasteiger partial charge in [0.2, 0.25) is 0 Å². The van der Waals surface area contributed by atoms with Gasteiger partial charge in [0.1, 0.15) is 10.8 Å². The molecule has 3 heterocycles. The van der Waals surface area contributed by atoms with Crippen molar-refractivity contribution in [1.29, 1.82) is 0 Å². The lowest BCUT2D eigenvalue weighted by Gasteiger charge is -2.14. The van der Waals surface area contributed by atoms with Crippen molar-refractivity contribution in [2.24, 2.45) is 4.99 Å². The Kier molecular flexibility index (Phi) is 3.61. The first-order valence-electron chi connectivity index (χ1n) is 5.95. The summed E-state index contributed by atoms with van der Waals surface area (Å²) in [5, 5.41) is 9.58. The molecule has 0 aromatic carbocycles. The van der Waals surface area contributed by atoms with E-state index in [-0.39, 0.29) is 0 Å². The van der Waals surface area contributed by atoms with Crippen LogP contribution in [-0.2, 0) is 0 Å². The Balaban J connectivity index is 1.77. The van der Waals surface area contributed by atoms with E-state index in [1.54, 1.807) is 6.07 Å². The third-order valence-corrected chi connectivity index (χ3v) is 3.57. The molecule has 0 unspecified atom stereocenters. The molecule has 7 heteroatoms. The fraction of sp³-hybridized carbons (Fsp3) is 0.250. The molecule has 0 bridgehead atoms. The average molecular weight is 294 g/mol. The summed E-state index contributed by atoms with van der Waals surface area (Å²) in [5.74, 6) is 0.784. The summed E-state index contributed by atoms with van der Waals surface area (Å²) in [6.45, 7) is 1.79. The molecule has 98 valence electrons. The van der Waals surface area contributed by atoms with Crippen LogP contribution in [0.1, 0.15) is 6.42 Å². The topological polar surface area (TPSA) is 62.2 Å². The highest BCUT2D eigenvalue weighted by molar-refractivity contribution is 7.14. The summed E-state index contributed by atoms with van der Waals surface area (Å²) in [7, 11) is 0. The fourth-order valence-electron chi connectivity index (χ4n) is 1.72. The summed E-state index contributed by atoms with van der Waals surface area (Å²) >= 11 is 7.39. The minimum atomic E-state index is 0.471. The van der Waals surface area contributed by atoms with Crippen LogP contribution in [0.15, 0.2) is 28.6 Å². The molecule has 19 heavy (non-hydrogen) atoms. The van der Waals surface area contributed by atoms with E-state index >= 15 is 0 Å². The number of halogens is 1. The lowest BCUT2D eigenvalue weighted by atomic mass is 10.3. The van der Waals surface area contributed by atoms with Crippen molar-refractivity contribution in [3.8, 4) is 11.4 Å². The molecule has 2 aromatic heterocycles. The summed E-state index contributed by atoms with van der Waals surface area (Å²) in [5.41, 5.74) is 1.58. The second-order valence-electron chi connectivity index (χ2n) is 4.02. The van der Waals surface area contributed by atoms with Crippen molar-refractivity contribution < 1.29 is 0 Å². The molecule has 0 atom stereocenters. The van der Waals surface area contributed by atoms with E-state index in [1.165, 1.54) is 11.3 Å². The van der Waals surface area contributed by atoms with Gasteiger partial charge in [0.15, 0.2) is 11.1 Å². The zero-order chi connectivity index (χ0) is 13.1. The van der Waals surface area contributed by atoms with E-state index in [4.69, 9.17) is 11.6 Å². The van der Waals surface area contributed by atoms with Gasteiger partial charge < -0.3 is 10.6 Å². The third kappa shape index (κ3) is 3.02. The molecule has 0 aliphatic carbocycles. The normalized spacial score (nSPS) is 14.7. The highest BCUT2D eigenvalue weighted by atomic mass is 35.5. The van der Waals surface area contributed by atoms with Gasteiger partial charge in [-0.2, -0.15) is 0 Å². The number of anilines is 1. The van der Waals surface area contributed by atoms with Crippen LogP contribution in [0.4, 0.5) is 5.13 Å². The van der Waals surface area contributed by atoms with Gasteiger partial charge >= 0.3 is 0 Å². The largest absolute Gasteiger partial charge is 0.356 e. The van der Waals surface area contributed by atoms with Crippen LogP contribution < -0.4 is 10.6 Å². The van der Waals surface area contributed by atoms with Gasteiger partial charge in [0.25, 0.3) is 0 Å². The molecule has 2 aromatic rings. The van der Waals surface area contributed by atoms with Crippen LogP contribution >= 0.6 is 22.9 Å². The van der Waals surface area contributed by atoms with Gasteiger partial charge in [-0.15, -0.1) is 11.3 Å². The standard InChI is InChI=1S/C12H12ClN5S/c13-10-4-1-3-8(16-10)9-7-19-12(17-9)18-11-14-5-2-6-15-11/h1,3-4,7H,2,5-6H2,(H2,14,15,17,18). The van der Waals surface area contributed by atoms with E-state index in [1.807, 2.05) is 17.5 Å². The first-order valence-corrected chi connectivity index (χ1v) is 7.21. The molecular formula is C12H12ClN5S. The number of aliphatic imine (C=N–C) groups is 1. The van der Waals surface area contributed by atoms with Crippen molar-refractivity contribution in [3.05, 3.63) is 28.7 Å². The molecule has 0 saturated carbocycles. The van der Waals surface area contributed by atoms with Gasteiger partial charge in [-0.05, 0) is 18.6 Å². The number of nitrogens with zero attached hydrogens (tertiary/aromatic N) is 3. The predicted octanol–water partition coefficient (Wildman–Crippen LogP) is 2.62. The molecular weight excluding hydrogens is 282 g/mol. The molecule has 0 spiro atoms. The molecule has 1 aliphatic rings. The van der Waals surface area contributed by atoms with E-state index in [2.05, 4.69) is 25.6 Å². The van der Waals surface area contributed by atoms with Crippen LogP contribution in [0.2, 0.25) is 5.15 Å². The number of hydrogen-bond acceptors (Lipinski definition) is 6. The van der Waals surface area contributed by atoms with Crippen LogP contribution in [0.5, 0.6) is 0 Å². The van der Waals surface area contributed by atoms with Gasteiger partial charge in [-0.3, -0.25) is 4.99 Å². The van der Waals surface area contributed by atoms with Crippen LogP contribution in [-0.4, -0.2) is 29.0 Å². The van der Waals surface area contributed by atoms with Gasteiger partial charge in [-0.25, -0.2) is 9.97 Å². The zero-order valence-electron chi connectivity index (χ0n) is 10.1. The second kappa shape index (κ2) is 5.54. The Morgan fingerprint density at radius 2 is 2.21 bits per heavy atom. The molecule has 0 fully saturated rings. The van der Waals surface area contributed by atoms with Gasteiger partial charge in [0, 0.05) is 18.5 Å². The highest BCUT2D eigenvalue weighted by Crippen LogP contribution is 2.24. The summed E-state index contributed by atoms with van der Waals surface area (Å²) < 4.78 is 0. The number of rotatable bonds is 2. The number of aromatic nitrogens is 2. The number of pyridine rings is 1. The van der Waals surface area contributed by atoms with Crippen molar-refractivity contribution in [2.45, 2.75) is 6.42 Å². The summed E-state index contributed by atoms with van der Waals surface area (Å²) in [6.07, 6.45) is 1.07. The first kappa shape index (κ1) is 12.4. The van der Waals surface area contributed by atoms with Gasteiger partial charge in [0.05, 0.1) is 5.69 Å². The molecule has 2 N–H and O–H groups in total. The number of nitrogens with one attached hydrogen (secondary N) is 2. The maximum atomic E-state index is 5.88. The molecule has 0 saturated heterocycles. The average Bonchev–Trinajstić information content (AvgIpc) is 2.88. The van der Waals surface area contributed by atoms with E-state index in [0.29, 0.717) is 5.15 Å². The Labute approximate surface area is 119 Å². The maximum Gasteiger partial charge on any atom is 0.197 e. The van der Waals surface area contributed by atoms with Gasteiger partial charge in [-0.1, -0.05) is 17.7 Å². The van der Waals surface area contributed by atoms with Crippen molar-refractivity contribution in [2.75, 3.05) is 18.4 Å². The second-order valence-corrected chi connectivity index (χ2v) is 5.26. The Morgan fingerprint density at radius 3 is 3.00 bits per heavy atom. The minimum absolute atomic E-state index is 0.471. The van der Waals surface area contributed by atoms with Crippen LogP contribution in [0.25, 0.3) is 11.4 Å². The zero-order valence-corrected chi connectivity index (χ0v) is 11.6. The lowest BCUT2D eigenvalue weighted by Crippen LogP contribution is -2.35. The smallest absolute Gasteiger partial charge is 0.197 e. The Hall–Kier alpha value is -1.66. The predicted molar refractivity (Wildman–Crippen MR) is 78.9 cm³/mol. The maximum absolute atomic E-state index is 5.88. The van der Waals surface area contributed by atoms with Crippen LogP contribution in [0, 0.1) is 0 Å². The first-order chi connectivity index (χ1) is 9.31. The molecule has 5 nitrogen and oxygen atoms in total. The van der Waals surface area contributed by atoms with E-state index in [0.717, 1.165) is 42.0 Å². The van der Waals surface area contributed by atoms with Crippen molar-refractivity contribution in [3.63, 3.8) is 0 Å². The van der Waals surface area contributed by atoms with E-state index < -0.39 is 0 Å². The van der Waals surface area contributed by atoms with Crippen molar-refractivity contribution in [1.82, 2.24) is 15.3 Å². The summed E-state index contributed by atoms with van der Waals surface area (Å²) in [6, 6.07) is 5.50. The number of thiazole rings is 1. The lowest BCUT2D eigenvalue weighted by molar-refractivity contribution is 0.740. The fourth-order valence-corrected chi connectivity index (χ4v) is 2.58. The monoisotopic (exact) mass is 293 g/mol. The quantitative estimate of drug-likeness (QED) is 0.836. The van der Waals surface area contributed by atoms with Crippen LogP contribution in [0.3, 0.4) is 0 Å². The minimum Gasteiger partial charge on any atom is -0.356 e. The molecule has 3 rings (SSSR count). The highest BCUT2D eigenvalue weighted by Gasteiger charge is 2.09. The number of guanidine groups is 1. The van der Waals surface area contributed by atoms with Crippen molar-refractivity contribution >= 4 is 34.0 Å². The van der Waals surface area contributed by atoms with E-state index in [9.17, 15) is 0 Å². The molecule has 0 amide bonds. The Bertz CT molecular complexity index is 610. The number of hydrogen-bond donors (Lipinski definition) is 2. The molecule has 1 aliphatic heterocycles. The third-order valence-electron chi connectivity index (χ3n) is 2.60. The Morgan fingerprint density at radius 1 is 1.26 bits per heavy atom. The molecule has 0 radical (unpaired) electrons.